The molecule has 0 spiro atoms. The number of rotatable bonds is 5. The summed E-state index contributed by atoms with van der Waals surface area (Å²) in [7, 11) is 0. The summed E-state index contributed by atoms with van der Waals surface area (Å²) < 4.78 is 7.84. The number of anilines is 2. The van der Waals surface area contributed by atoms with Gasteiger partial charge in [0.1, 0.15) is 0 Å². The van der Waals surface area contributed by atoms with E-state index in [-0.39, 0.29) is 0 Å². The quantitative estimate of drug-likeness (QED) is 0.508. The summed E-state index contributed by atoms with van der Waals surface area (Å²) in [6.07, 6.45) is 0. The first kappa shape index (κ1) is 18.1. The zero-order valence-corrected chi connectivity index (χ0v) is 16.9. The van der Waals surface area contributed by atoms with Crippen molar-refractivity contribution in [2.24, 2.45) is 0 Å². The van der Waals surface area contributed by atoms with Crippen LogP contribution in [0.4, 0.5) is 11.4 Å². The first-order chi connectivity index (χ1) is 14.3. The molecule has 148 valence electrons. The largest absolute Gasteiger partial charge is 0.381 e. The Hall–Kier alpha value is -2.98. The predicted molar refractivity (Wildman–Crippen MR) is 122 cm³/mol. The number of morpholine rings is 1. The van der Waals surface area contributed by atoms with Gasteiger partial charge in [-0.05, 0) is 55.0 Å². The summed E-state index contributed by atoms with van der Waals surface area (Å²) >= 11 is 0. The molecule has 1 aliphatic rings. The highest BCUT2D eigenvalue weighted by atomic mass is 16.5. The lowest BCUT2D eigenvalue weighted by Gasteiger charge is -2.28. The number of hydrogen-bond donors (Lipinski definition) is 1. The number of ether oxygens (including phenoxy) is 1. The molecule has 1 saturated heterocycles. The summed E-state index contributed by atoms with van der Waals surface area (Å²) in [5.41, 5.74) is 6.35. The molecular formula is C25H27N3O. The molecule has 0 saturated carbocycles. The smallest absolute Gasteiger partial charge is 0.0642 e. The molecule has 1 N–H and O–H groups in total. The van der Waals surface area contributed by atoms with Gasteiger partial charge >= 0.3 is 0 Å². The van der Waals surface area contributed by atoms with Crippen LogP contribution >= 0.6 is 0 Å². The lowest BCUT2D eigenvalue weighted by atomic mass is 10.1. The normalized spacial score (nSPS) is 14.6. The van der Waals surface area contributed by atoms with Crippen molar-refractivity contribution in [3.63, 3.8) is 0 Å². The molecule has 3 aromatic carbocycles. The van der Waals surface area contributed by atoms with Gasteiger partial charge in [0.2, 0.25) is 0 Å². The lowest BCUT2D eigenvalue weighted by Crippen LogP contribution is -2.36. The molecule has 2 heterocycles. The number of nitrogens with zero attached hydrogens (tertiary/aromatic N) is 2. The minimum Gasteiger partial charge on any atom is -0.381 e. The minimum absolute atomic E-state index is 0.816. The molecule has 1 fully saturated rings. The van der Waals surface area contributed by atoms with E-state index < -0.39 is 0 Å². The van der Waals surface area contributed by atoms with E-state index in [2.05, 4.69) is 88.4 Å². The minimum atomic E-state index is 0.816. The maximum Gasteiger partial charge on any atom is 0.0642 e. The van der Waals surface area contributed by atoms with Crippen LogP contribution in [-0.4, -0.2) is 30.9 Å². The molecule has 5 rings (SSSR count). The average Bonchev–Trinajstić information content (AvgIpc) is 3.11. The Kier molecular flexibility index (Phi) is 4.86. The fraction of sp³-hybridized carbons (Fsp3) is 0.280. The monoisotopic (exact) mass is 385 g/mol. The fourth-order valence-corrected chi connectivity index (χ4v) is 4.37. The SMILES string of the molecule is CCn1c2ccccc2c2cc(CNc3ccc(N4CCOCC4)cc3)ccc21. The van der Waals surface area contributed by atoms with E-state index in [1.165, 1.54) is 33.1 Å². The maximum absolute atomic E-state index is 5.44. The molecule has 4 nitrogen and oxygen atoms in total. The van der Waals surface area contributed by atoms with Crippen molar-refractivity contribution in [2.75, 3.05) is 36.5 Å². The van der Waals surface area contributed by atoms with Gasteiger partial charge in [-0.25, -0.2) is 0 Å². The maximum atomic E-state index is 5.44. The van der Waals surface area contributed by atoms with Gasteiger partial charge in [0.05, 0.1) is 13.2 Å². The molecule has 4 aromatic rings. The Labute approximate surface area is 171 Å². The molecule has 0 amide bonds. The second-order valence-electron chi connectivity index (χ2n) is 7.61. The molecule has 29 heavy (non-hydrogen) atoms. The van der Waals surface area contributed by atoms with Gasteiger partial charge in [-0.1, -0.05) is 24.3 Å². The number of nitrogens with one attached hydrogen (secondary N) is 1. The Balaban J connectivity index is 1.35. The number of fused-ring (bicyclic) bond motifs is 3. The molecular weight excluding hydrogens is 358 g/mol. The van der Waals surface area contributed by atoms with Crippen LogP contribution < -0.4 is 10.2 Å². The highest BCUT2D eigenvalue weighted by Crippen LogP contribution is 2.30. The summed E-state index contributed by atoms with van der Waals surface area (Å²) in [6, 6.07) is 24.3. The van der Waals surface area contributed by atoms with Crippen molar-refractivity contribution in [1.29, 1.82) is 0 Å². The van der Waals surface area contributed by atoms with Crippen molar-refractivity contribution in [2.45, 2.75) is 20.0 Å². The van der Waals surface area contributed by atoms with Crippen LogP contribution in [0.5, 0.6) is 0 Å². The first-order valence-corrected chi connectivity index (χ1v) is 10.5. The van der Waals surface area contributed by atoms with Crippen LogP contribution in [0.25, 0.3) is 21.8 Å². The highest BCUT2D eigenvalue weighted by Gasteiger charge is 2.11. The van der Waals surface area contributed by atoms with Crippen LogP contribution in [0.2, 0.25) is 0 Å². The van der Waals surface area contributed by atoms with Crippen molar-refractivity contribution in [1.82, 2.24) is 4.57 Å². The van der Waals surface area contributed by atoms with E-state index in [0.29, 0.717) is 0 Å². The van der Waals surface area contributed by atoms with E-state index >= 15 is 0 Å². The summed E-state index contributed by atoms with van der Waals surface area (Å²) in [4.78, 5) is 2.38. The van der Waals surface area contributed by atoms with Gasteiger partial charge < -0.3 is 19.5 Å². The number of para-hydroxylation sites is 1. The second kappa shape index (κ2) is 7.80. The number of hydrogen-bond acceptors (Lipinski definition) is 3. The van der Waals surface area contributed by atoms with Gasteiger partial charge in [-0.2, -0.15) is 0 Å². The molecule has 0 radical (unpaired) electrons. The van der Waals surface area contributed by atoms with E-state index in [1.54, 1.807) is 0 Å². The number of aromatic nitrogens is 1. The summed E-state index contributed by atoms with van der Waals surface area (Å²) in [6.45, 7) is 7.58. The lowest BCUT2D eigenvalue weighted by molar-refractivity contribution is 0.122. The zero-order valence-electron chi connectivity index (χ0n) is 16.9. The van der Waals surface area contributed by atoms with Crippen LogP contribution in [0.1, 0.15) is 12.5 Å². The van der Waals surface area contributed by atoms with E-state index in [1.807, 2.05) is 0 Å². The average molecular weight is 386 g/mol. The van der Waals surface area contributed by atoms with Gasteiger partial charge in [0.15, 0.2) is 0 Å². The van der Waals surface area contributed by atoms with Gasteiger partial charge in [0, 0.05) is 59.4 Å². The fourth-order valence-electron chi connectivity index (χ4n) is 4.37. The van der Waals surface area contributed by atoms with Crippen molar-refractivity contribution >= 4 is 33.2 Å². The number of aryl methyl sites for hydroxylation is 1. The molecule has 4 heteroatoms. The molecule has 0 unspecified atom stereocenters. The molecule has 0 atom stereocenters. The van der Waals surface area contributed by atoms with Crippen LogP contribution in [-0.2, 0) is 17.8 Å². The van der Waals surface area contributed by atoms with Crippen molar-refractivity contribution < 1.29 is 4.74 Å². The summed E-state index contributed by atoms with van der Waals surface area (Å²) in [5.74, 6) is 0. The molecule has 1 aromatic heterocycles. The topological polar surface area (TPSA) is 29.4 Å². The second-order valence-corrected chi connectivity index (χ2v) is 7.61. The molecule has 1 aliphatic heterocycles. The van der Waals surface area contributed by atoms with Gasteiger partial charge in [-0.15, -0.1) is 0 Å². The standard InChI is InChI=1S/C25H27N3O/c1-2-28-24-6-4-3-5-22(24)23-17-19(7-12-25(23)28)18-26-20-8-10-21(11-9-20)27-13-15-29-16-14-27/h3-12,17,26H,2,13-16,18H2,1H3. The third kappa shape index (κ3) is 3.45. The van der Waals surface area contributed by atoms with Crippen molar-refractivity contribution in [3.8, 4) is 0 Å². The Morgan fingerprint density at radius 3 is 2.41 bits per heavy atom. The van der Waals surface area contributed by atoms with Crippen LogP contribution in [0.15, 0.2) is 66.7 Å². The molecule has 0 aliphatic carbocycles. The van der Waals surface area contributed by atoms with E-state index in [4.69, 9.17) is 4.74 Å². The molecule has 0 bridgehead atoms. The Morgan fingerprint density at radius 2 is 1.62 bits per heavy atom. The van der Waals surface area contributed by atoms with E-state index in [9.17, 15) is 0 Å². The Bertz CT molecular complexity index is 1120. The first-order valence-electron chi connectivity index (χ1n) is 10.5. The predicted octanol–water partition coefficient (Wildman–Crippen LogP) is 5.26. The van der Waals surface area contributed by atoms with Crippen LogP contribution in [0.3, 0.4) is 0 Å². The highest BCUT2D eigenvalue weighted by molar-refractivity contribution is 6.08. The third-order valence-corrected chi connectivity index (χ3v) is 5.89. The number of benzene rings is 3. The zero-order chi connectivity index (χ0) is 19.6. The van der Waals surface area contributed by atoms with Crippen molar-refractivity contribution in [3.05, 3.63) is 72.3 Å². The third-order valence-electron chi connectivity index (χ3n) is 5.89. The van der Waals surface area contributed by atoms with Gasteiger partial charge in [-0.3, -0.25) is 0 Å². The van der Waals surface area contributed by atoms with Crippen LogP contribution in [0, 0.1) is 0 Å². The Morgan fingerprint density at radius 1 is 0.862 bits per heavy atom. The van der Waals surface area contributed by atoms with E-state index in [0.717, 1.165) is 45.1 Å². The summed E-state index contributed by atoms with van der Waals surface area (Å²) in [5, 5.41) is 6.25. The van der Waals surface area contributed by atoms with Gasteiger partial charge in [0.25, 0.3) is 0 Å².